The smallest absolute Gasteiger partial charge is 0.289 e. The van der Waals surface area contributed by atoms with Gasteiger partial charge in [0.25, 0.3) is 11.8 Å². The van der Waals surface area contributed by atoms with Crippen LogP contribution in [0.25, 0.3) is 0 Å². The van der Waals surface area contributed by atoms with Crippen molar-refractivity contribution in [1.82, 2.24) is 25.0 Å². The highest BCUT2D eigenvalue weighted by Gasteiger charge is 2.41. The molecule has 1 unspecified atom stereocenters. The lowest BCUT2D eigenvalue weighted by Crippen LogP contribution is -2.37. The fourth-order valence-electron chi connectivity index (χ4n) is 5.36. The standard InChI is InChI=1S/C22H29N5O2S/c28-20(23-17-4-2-1-3-5-17)19-25-24-18-6-8-22(10-12-27(18)19)9-11-26(15-22)21(29)16-7-13-30-14-16/h7,13-14,17H,1-6,8-12,15H2,(H,23,28). The van der Waals surface area contributed by atoms with Gasteiger partial charge in [-0.15, -0.1) is 10.2 Å². The van der Waals surface area contributed by atoms with Crippen molar-refractivity contribution in [2.24, 2.45) is 5.41 Å². The predicted octanol–water partition coefficient (Wildman–Crippen LogP) is 3.27. The predicted molar refractivity (Wildman–Crippen MR) is 115 cm³/mol. The monoisotopic (exact) mass is 427 g/mol. The first-order chi connectivity index (χ1) is 14.6. The highest BCUT2D eigenvalue weighted by molar-refractivity contribution is 7.08. The van der Waals surface area contributed by atoms with E-state index in [9.17, 15) is 9.59 Å². The van der Waals surface area contributed by atoms with Crippen LogP contribution < -0.4 is 5.32 Å². The lowest BCUT2D eigenvalue weighted by Gasteiger charge is -2.27. The molecule has 4 heterocycles. The Balaban J connectivity index is 1.25. The third kappa shape index (κ3) is 3.77. The maximum Gasteiger partial charge on any atom is 0.289 e. The van der Waals surface area contributed by atoms with E-state index in [2.05, 4.69) is 15.5 Å². The van der Waals surface area contributed by atoms with Gasteiger partial charge in [0.1, 0.15) is 5.82 Å². The summed E-state index contributed by atoms with van der Waals surface area (Å²) in [5.41, 5.74) is 0.910. The molecule has 5 rings (SSSR count). The van der Waals surface area contributed by atoms with Crippen LogP contribution in [-0.4, -0.2) is 50.6 Å². The highest BCUT2D eigenvalue weighted by atomic mass is 32.1. The number of hydrogen-bond acceptors (Lipinski definition) is 5. The number of nitrogens with zero attached hydrogens (tertiary/aromatic N) is 4. The molecular weight excluding hydrogens is 398 g/mol. The second-order valence-corrected chi connectivity index (χ2v) is 9.92. The van der Waals surface area contributed by atoms with Gasteiger partial charge in [-0.25, -0.2) is 0 Å². The van der Waals surface area contributed by atoms with Crippen LogP contribution in [0.1, 0.15) is 78.2 Å². The molecule has 160 valence electrons. The van der Waals surface area contributed by atoms with Crippen molar-refractivity contribution in [2.45, 2.75) is 70.4 Å². The van der Waals surface area contributed by atoms with Crippen LogP contribution in [0.4, 0.5) is 0 Å². The van der Waals surface area contributed by atoms with Crippen LogP contribution >= 0.6 is 11.3 Å². The van der Waals surface area contributed by atoms with Crippen LogP contribution in [0.15, 0.2) is 16.8 Å². The molecule has 2 fully saturated rings. The molecular formula is C22H29N5O2S. The summed E-state index contributed by atoms with van der Waals surface area (Å²) in [6.07, 6.45) is 9.53. The minimum absolute atomic E-state index is 0.0858. The second kappa shape index (κ2) is 8.13. The zero-order chi connectivity index (χ0) is 20.6. The fraction of sp³-hybridized carbons (Fsp3) is 0.636. The number of likely N-dealkylation sites (tertiary alicyclic amines) is 1. The minimum atomic E-state index is -0.0858. The molecule has 1 spiro atoms. The van der Waals surface area contributed by atoms with Crippen molar-refractivity contribution in [3.05, 3.63) is 34.0 Å². The molecule has 2 aromatic heterocycles. The van der Waals surface area contributed by atoms with E-state index in [1.54, 1.807) is 11.3 Å². The van der Waals surface area contributed by atoms with E-state index in [1.165, 1.54) is 19.3 Å². The van der Waals surface area contributed by atoms with Crippen molar-refractivity contribution >= 4 is 23.2 Å². The Morgan fingerprint density at radius 3 is 2.73 bits per heavy atom. The first-order valence-electron chi connectivity index (χ1n) is 11.2. The van der Waals surface area contributed by atoms with Crippen molar-refractivity contribution in [2.75, 3.05) is 13.1 Å². The molecule has 1 saturated heterocycles. The van der Waals surface area contributed by atoms with Gasteiger partial charge in [-0.1, -0.05) is 19.3 Å². The van der Waals surface area contributed by atoms with Crippen LogP contribution in [0.5, 0.6) is 0 Å². The van der Waals surface area contributed by atoms with Crippen molar-refractivity contribution in [1.29, 1.82) is 0 Å². The third-order valence-electron chi connectivity index (χ3n) is 7.21. The summed E-state index contributed by atoms with van der Waals surface area (Å²) < 4.78 is 2.02. The van der Waals surface area contributed by atoms with E-state index in [0.717, 1.165) is 69.5 Å². The Kier molecular flexibility index (Phi) is 5.35. The highest BCUT2D eigenvalue weighted by Crippen LogP contribution is 2.41. The number of nitrogens with one attached hydrogen (secondary N) is 1. The van der Waals surface area contributed by atoms with E-state index in [1.807, 2.05) is 26.3 Å². The Morgan fingerprint density at radius 2 is 1.93 bits per heavy atom. The minimum Gasteiger partial charge on any atom is -0.347 e. The number of aryl methyl sites for hydroxylation is 1. The van der Waals surface area contributed by atoms with E-state index < -0.39 is 0 Å². The number of rotatable bonds is 3. The molecule has 8 heteroatoms. The second-order valence-electron chi connectivity index (χ2n) is 9.14. The molecule has 3 aliphatic rings. The van der Waals surface area contributed by atoms with Crippen LogP contribution in [0.3, 0.4) is 0 Å². The average molecular weight is 428 g/mol. The van der Waals surface area contributed by atoms with Gasteiger partial charge in [-0.3, -0.25) is 9.59 Å². The number of hydrogen-bond donors (Lipinski definition) is 1. The SMILES string of the molecule is O=C(NC1CCCCC1)c1nnc2n1CCC1(CC2)CCN(C(=O)c2ccsc2)C1. The van der Waals surface area contributed by atoms with Gasteiger partial charge in [0, 0.05) is 37.5 Å². The normalized spacial score (nSPS) is 24.6. The van der Waals surface area contributed by atoms with Crippen LogP contribution in [-0.2, 0) is 13.0 Å². The Labute approximate surface area is 180 Å². The molecule has 1 aliphatic carbocycles. The molecule has 1 saturated carbocycles. The largest absolute Gasteiger partial charge is 0.347 e. The Morgan fingerprint density at radius 1 is 1.10 bits per heavy atom. The first kappa shape index (κ1) is 19.7. The molecule has 1 N–H and O–H groups in total. The number of carbonyl (C=O) groups excluding carboxylic acids is 2. The quantitative estimate of drug-likeness (QED) is 0.815. The topological polar surface area (TPSA) is 80.1 Å². The van der Waals surface area contributed by atoms with E-state index in [4.69, 9.17) is 0 Å². The lowest BCUT2D eigenvalue weighted by atomic mass is 9.80. The molecule has 0 radical (unpaired) electrons. The maximum absolute atomic E-state index is 12.9. The van der Waals surface area contributed by atoms with Gasteiger partial charge in [0.15, 0.2) is 0 Å². The van der Waals surface area contributed by atoms with E-state index in [0.29, 0.717) is 5.82 Å². The fourth-order valence-corrected chi connectivity index (χ4v) is 5.99. The van der Waals surface area contributed by atoms with E-state index in [-0.39, 0.29) is 23.3 Å². The van der Waals surface area contributed by atoms with Gasteiger partial charge >= 0.3 is 0 Å². The number of thiophene rings is 1. The zero-order valence-electron chi connectivity index (χ0n) is 17.3. The summed E-state index contributed by atoms with van der Waals surface area (Å²) in [6.45, 7) is 2.35. The molecule has 0 bridgehead atoms. The van der Waals surface area contributed by atoms with Crippen molar-refractivity contribution in [3.63, 3.8) is 0 Å². The number of amides is 2. The Hall–Kier alpha value is -2.22. The number of fused-ring (bicyclic) bond motifs is 1. The summed E-state index contributed by atoms with van der Waals surface area (Å²) in [5.74, 6) is 1.42. The van der Waals surface area contributed by atoms with Gasteiger partial charge in [0.2, 0.25) is 5.82 Å². The molecule has 2 aromatic rings. The van der Waals surface area contributed by atoms with Gasteiger partial charge in [0.05, 0.1) is 5.56 Å². The molecule has 2 amide bonds. The zero-order valence-corrected chi connectivity index (χ0v) is 18.1. The van der Waals surface area contributed by atoms with Gasteiger partial charge < -0.3 is 14.8 Å². The van der Waals surface area contributed by atoms with E-state index >= 15 is 0 Å². The maximum atomic E-state index is 12.9. The molecule has 1 atom stereocenters. The molecule has 2 aliphatic heterocycles. The van der Waals surface area contributed by atoms with Crippen LogP contribution in [0, 0.1) is 5.41 Å². The van der Waals surface area contributed by atoms with Crippen LogP contribution in [0.2, 0.25) is 0 Å². The number of aromatic nitrogens is 3. The van der Waals surface area contributed by atoms with Gasteiger partial charge in [-0.2, -0.15) is 11.3 Å². The summed E-state index contributed by atoms with van der Waals surface area (Å²) in [5, 5.41) is 15.6. The molecule has 7 nitrogen and oxygen atoms in total. The average Bonchev–Trinajstić information content (AvgIpc) is 3.49. The Bertz CT molecular complexity index is 918. The molecule has 30 heavy (non-hydrogen) atoms. The first-order valence-corrected chi connectivity index (χ1v) is 12.1. The summed E-state index contributed by atoms with van der Waals surface area (Å²) in [7, 11) is 0. The summed E-state index contributed by atoms with van der Waals surface area (Å²) in [4.78, 5) is 27.6. The molecule has 0 aromatic carbocycles. The van der Waals surface area contributed by atoms with Crippen molar-refractivity contribution in [3.8, 4) is 0 Å². The third-order valence-corrected chi connectivity index (χ3v) is 7.89. The van der Waals surface area contributed by atoms with Gasteiger partial charge in [-0.05, 0) is 49.0 Å². The summed E-state index contributed by atoms with van der Waals surface area (Å²) in [6, 6.07) is 2.17. The lowest BCUT2D eigenvalue weighted by molar-refractivity contribution is 0.0767. The van der Waals surface area contributed by atoms with Crippen molar-refractivity contribution < 1.29 is 9.59 Å². The number of carbonyl (C=O) groups is 2. The summed E-state index contributed by atoms with van der Waals surface area (Å²) >= 11 is 1.56.